The molecule has 2 aromatic carbocycles. The van der Waals surface area contributed by atoms with Crippen molar-refractivity contribution < 1.29 is 13.9 Å². The molecule has 130 valence electrons. The predicted octanol–water partition coefficient (Wildman–Crippen LogP) is 4.62. The van der Waals surface area contributed by atoms with Crippen LogP contribution in [0.5, 0.6) is 5.75 Å². The molecule has 0 saturated heterocycles. The number of fused-ring (bicyclic) bond motifs is 1. The first-order chi connectivity index (χ1) is 11.9. The second-order valence-corrected chi connectivity index (χ2v) is 6.40. The summed E-state index contributed by atoms with van der Waals surface area (Å²) in [5.41, 5.74) is 1.31. The van der Waals surface area contributed by atoms with Crippen LogP contribution < -0.4 is 10.1 Å². The fraction of sp³-hybridized carbons (Fsp3) is 0.250. The maximum Gasteiger partial charge on any atom is 0.234 e. The smallest absolute Gasteiger partial charge is 0.234 e. The van der Waals surface area contributed by atoms with Gasteiger partial charge < -0.3 is 15.0 Å². The molecular weight excluding hydrogens is 319 g/mol. The molecule has 5 heteroatoms. The van der Waals surface area contributed by atoms with Crippen molar-refractivity contribution in [2.75, 3.05) is 11.9 Å². The van der Waals surface area contributed by atoms with Crippen LogP contribution in [-0.4, -0.2) is 17.5 Å². The van der Waals surface area contributed by atoms with Crippen LogP contribution in [0.25, 0.3) is 10.9 Å². The van der Waals surface area contributed by atoms with Crippen LogP contribution in [0.2, 0.25) is 0 Å². The normalized spacial score (nSPS) is 11.5. The van der Waals surface area contributed by atoms with E-state index in [0.717, 1.165) is 10.9 Å². The summed E-state index contributed by atoms with van der Waals surface area (Å²) in [4.78, 5) is 16.0. The van der Waals surface area contributed by atoms with Gasteiger partial charge in [-0.2, -0.15) is 0 Å². The topological polar surface area (TPSA) is 54.1 Å². The monoisotopic (exact) mass is 340 g/mol. The van der Waals surface area contributed by atoms with E-state index in [1.165, 1.54) is 12.1 Å². The highest BCUT2D eigenvalue weighted by Gasteiger charge is 2.32. The molecule has 0 bridgehead atoms. The molecule has 0 aliphatic carbocycles. The first-order valence-electron chi connectivity index (χ1n) is 8.24. The number of benzene rings is 2. The molecule has 0 aliphatic heterocycles. The number of ether oxygens (including phenoxy) is 1. The van der Waals surface area contributed by atoms with E-state index in [1.54, 1.807) is 12.3 Å². The Kier molecular flexibility index (Phi) is 4.49. The maximum atomic E-state index is 13.4. The van der Waals surface area contributed by atoms with E-state index in [1.807, 2.05) is 45.0 Å². The van der Waals surface area contributed by atoms with Gasteiger partial charge in [0, 0.05) is 17.1 Å². The molecule has 0 aliphatic rings. The fourth-order valence-electron chi connectivity index (χ4n) is 2.87. The van der Waals surface area contributed by atoms with Crippen LogP contribution in [0.15, 0.2) is 48.7 Å². The highest BCUT2D eigenvalue weighted by molar-refractivity contribution is 6.02. The number of amides is 1. The second kappa shape index (κ2) is 6.59. The molecule has 3 rings (SSSR count). The minimum atomic E-state index is -0.810. The van der Waals surface area contributed by atoms with Gasteiger partial charge in [0.05, 0.1) is 17.7 Å². The van der Waals surface area contributed by atoms with Gasteiger partial charge in [-0.05, 0) is 56.7 Å². The average molecular weight is 340 g/mol. The van der Waals surface area contributed by atoms with Gasteiger partial charge in [0.1, 0.15) is 11.6 Å². The Hall–Kier alpha value is -2.82. The minimum Gasteiger partial charge on any atom is -0.492 e. The van der Waals surface area contributed by atoms with Crippen molar-refractivity contribution in [3.05, 3.63) is 60.0 Å². The van der Waals surface area contributed by atoms with E-state index in [9.17, 15) is 9.18 Å². The number of para-hydroxylation sites is 2. The fourth-order valence-corrected chi connectivity index (χ4v) is 2.87. The number of aromatic amines is 1. The quantitative estimate of drug-likeness (QED) is 0.712. The lowest BCUT2D eigenvalue weighted by molar-refractivity contribution is -0.120. The van der Waals surface area contributed by atoms with Crippen LogP contribution in [0.3, 0.4) is 0 Å². The molecule has 0 saturated carbocycles. The van der Waals surface area contributed by atoms with Crippen molar-refractivity contribution in [3.63, 3.8) is 0 Å². The van der Waals surface area contributed by atoms with Gasteiger partial charge in [0.2, 0.25) is 5.91 Å². The Labute approximate surface area is 146 Å². The van der Waals surface area contributed by atoms with Crippen molar-refractivity contribution in [1.82, 2.24) is 4.98 Å². The molecule has 0 radical (unpaired) electrons. The van der Waals surface area contributed by atoms with Gasteiger partial charge in [-0.15, -0.1) is 0 Å². The largest absolute Gasteiger partial charge is 0.492 e. The molecule has 3 aromatic rings. The summed E-state index contributed by atoms with van der Waals surface area (Å²) in [6.45, 7) is 6.10. The van der Waals surface area contributed by atoms with Crippen LogP contribution in [0.1, 0.15) is 26.3 Å². The minimum absolute atomic E-state index is 0.162. The third kappa shape index (κ3) is 3.22. The van der Waals surface area contributed by atoms with E-state index in [-0.39, 0.29) is 11.7 Å². The summed E-state index contributed by atoms with van der Waals surface area (Å²) in [5, 5.41) is 3.78. The van der Waals surface area contributed by atoms with Crippen LogP contribution in [-0.2, 0) is 10.2 Å². The lowest BCUT2D eigenvalue weighted by Gasteiger charge is -2.24. The first-order valence-corrected chi connectivity index (χ1v) is 8.24. The van der Waals surface area contributed by atoms with Gasteiger partial charge in [0.15, 0.2) is 0 Å². The number of hydrogen-bond acceptors (Lipinski definition) is 2. The van der Waals surface area contributed by atoms with Crippen molar-refractivity contribution in [1.29, 1.82) is 0 Å². The van der Waals surface area contributed by atoms with Crippen LogP contribution in [0.4, 0.5) is 10.1 Å². The van der Waals surface area contributed by atoms with Crippen molar-refractivity contribution in [2.24, 2.45) is 0 Å². The second-order valence-electron chi connectivity index (χ2n) is 6.40. The molecule has 0 fully saturated rings. The third-order valence-electron chi connectivity index (χ3n) is 4.32. The number of rotatable bonds is 5. The molecule has 25 heavy (non-hydrogen) atoms. The van der Waals surface area contributed by atoms with E-state index in [4.69, 9.17) is 4.74 Å². The molecule has 2 N–H and O–H groups in total. The molecule has 0 spiro atoms. The van der Waals surface area contributed by atoms with E-state index >= 15 is 0 Å². The summed E-state index contributed by atoms with van der Waals surface area (Å²) in [7, 11) is 0. The Morgan fingerprint density at radius 3 is 2.76 bits per heavy atom. The predicted molar refractivity (Wildman–Crippen MR) is 97.5 cm³/mol. The maximum absolute atomic E-state index is 13.4. The van der Waals surface area contributed by atoms with Gasteiger partial charge in [-0.3, -0.25) is 4.79 Å². The Bertz CT molecular complexity index is 915. The summed E-state index contributed by atoms with van der Waals surface area (Å²) in [6.07, 6.45) is 1.76. The molecule has 4 nitrogen and oxygen atoms in total. The van der Waals surface area contributed by atoms with Gasteiger partial charge in [-0.25, -0.2) is 4.39 Å². The lowest BCUT2D eigenvalue weighted by atomic mass is 9.83. The summed E-state index contributed by atoms with van der Waals surface area (Å²) < 4.78 is 19.0. The molecule has 1 aromatic heterocycles. The molecule has 1 amide bonds. The highest BCUT2D eigenvalue weighted by Crippen LogP contribution is 2.33. The number of H-pyrrole nitrogens is 1. The number of nitrogens with one attached hydrogen (secondary N) is 2. The summed E-state index contributed by atoms with van der Waals surface area (Å²) >= 11 is 0. The number of hydrogen-bond donors (Lipinski definition) is 2. The van der Waals surface area contributed by atoms with Gasteiger partial charge in [-0.1, -0.05) is 12.1 Å². The SMILES string of the molecule is CCOc1ccccc1NC(=O)C(C)(C)c1c[nH]c2cc(F)ccc12. The van der Waals surface area contributed by atoms with Gasteiger partial charge in [0.25, 0.3) is 0 Å². The van der Waals surface area contributed by atoms with E-state index in [0.29, 0.717) is 23.6 Å². The number of halogens is 1. The third-order valence-corrected chi connectivity index (χ3v) is 4.32. The van der Waals surface area contributed by atoms with Crippen LogP contribution in [0, 0.1) is 5.82 Å². The molecular formula is C20H21FN2O2. The summed E-state index contributed by atoms with van der Waals surface area (Å²) in [6, 6.07) is 11.9. The summed E-state index contributed by atoms with van der Waals surface area (Å²) in [5.74, 6) is 0.161. The Morgan fingerprint density at radius 1 is 1.24 bits per heavy atom. The zero-order valence-corrected chi connectivity index (χ0v) is 14.5. The van der Waals surface area contributed by atoms with Crippen molar-refractivity contribution in [3.8, 4) is 5.75 Å². The van der Waals surface area contributed by atoms with Crippen molar-refractivity contribution >= 4 is 22.5 Å². The standard InChI is InChI=1S/C20H21FN2O2/c1-4-25-18-8-6-5-7-16(18)23-19(24)20(2,3)15-12-22-17-11-13(21)9-10-14(15)17/h5-12,22H,4H2,1-3H3,(H,23,24). The number of anilines is 1. The van der Waals surface area contributed by atoms with Gasteiger partial charge >= 0.3 is 0 Å². The number of aromatic nitrogens is 1. The lowest BCUT2D eigenvalue weighted by Crippen LogP contribution is -2.34. The number of carbonyl (C=O) groups excluding carboxylic acids is 1. The first kappa shape index (κ1) is 17.0. The molecule has 1 heterocycles. The molecule has 0 atom stereocenters. The van der Waals surface area contributed by atoms with E-state index < -0.39 is 5.41 Å². The van der Waals surface area contributed by atoms with Crippen molar-refractivity contribution in [2.45, 2.75) is 26.2 Å². The number of carbonyl (C=O) groups is 1. The van der Waals surface area contributed by atoms with E-state index in [2.05, 4.69) is 10.3 Å². The molecule has 0 unspecified atom stereocenters. The zero-order valence-electron chi connectivity index (χ0n) is 14.5. The average Bonchev–Trinajstić information content (AvgIpc) is 3.00. The Balaban J connectivity index is 1.92. The Morgan fingerprint density at radius 2 is 2.00 bits per heavy atom. The highest BCUT2D eigenvalue weighted by atomic mass is 19.1. The zero-order chi connectivity index (χ0) is 18.0. The van der Waals surface area contributed by atoms with Crippen LogP contribution >= 0.6 is 0 Å².